The molecular weight excluding hydrogens is 182 g/mol. The number of rotatable bonds is 4. The van der Waals surface area contributed by atoms with Gasteiger partial charge in [0.05, 0.1) is 25.4 Å². The van der Waals surface area contributed by atoms with Crippen molar-refractivity contribution in [2.24, 2.45) is 0 Å². The van der Waals surface area contributed by atoms with E-state index in [0.29, 0.717) is 25.9 Å². The molecule has 0 aromatic rings. The lowest BCUT2D eigenvalue weighted by Gasteiger charge is -2.38. The molecule has 0 spiro atoms. The third-order valence-electron chi connectivity index (χ3n) is 2.92. The van der Waals surface area contributed by atoms with Crippen molar-refractivity contribution in [1.29, 1.82) is 0 Å². The van der Waals surface area contributed by atoms with Crippen LogP contribution in [0.3, 0.4) is 0 Å². The summed E-state index contributed by atoms with van der Waals surface area (Å²) in [7, 11) is 3.70. The van der Waals surface area contributed by atoms with E-state index >= 15 is 0 Å². The third-order valence-corrected chi connectivity index (χ3v) is 2.92. The Morgan fingerprint density at radius 2 is 2.36 bits per heavy atom. The summed E-state index contributed by atoms with van der Waals surface area (Å²) in [4.78, 5) is 2.13. The number of likely N-dealkylation sites (N-methyl/N-ethyl adjacent to an activating group) is 1. The molecule has 14 heavy (non-hydrogen) atoms. The molecule has 1 aliphatic heterocycles. The van der Waals surface area contributed by atoms with E-state index in [9.17, 15) is 5.11 Å². The van der Waals surface area contributed by atoms with Gasteiger partial charge in [-0.1, -0.05) is 0 Å². The van der Waals surface area contributed by atoms with Crippen LogP contribution in [0.4, 0.5) is 0 Å². The van der Waals surface area contributed by atoms with Crippen LogP contribution in [0.5, 0.6) is 0 Å². The molecule has 4 heteroatoms. The fraction of sp³-hybridized carbons (Fsp3) is 1.00. The van der Waals surface area contributed by atoms with Crippen molar-refractivity contribution in [1.82, 2.24) is 4.90 Å². The molecule has 1 rings (SSSR count). The van der Waals surface area contributed by atoms with E-state index in [0.717, 1.165) is 6.42 Å². The molecule has 0 radical (unpaired) electrons. The Hall–Kier alpha value is -0.160. The Morgan fingerprint density at radius 3 is 2.93 bits per heavy atom. The topological polar surface area (TPSA) is 41.9 Å². The second-order valence-electron chi connectivity index (χ2n) is 3.97. The molecule has 0 aromatic heterocycles. The fourth-order valence-electron chi connectivity index (χ4n) is 1.79. The molecule has 1 aliphatic rings. The van der Waals surface area contributed by atoms with Gasteiger partial charge in [-0.05, 0) is 20.4 Å². The monoisotopic (exact) mass is 203 g/mol. The van der Waals surface area contributed by atoms with E-state index < -0.39 is 0 Å². The summed E-state index contributed by atoms with van der Waals surface area (Å²) in [6, 6.07) is 0.412. The average molecular weight is 203 g/mol. The van der Waals surface area contributed by atoms with Gasteiger partial charge in [-0.3, -0.25) is 4.90 Å². The molecule has 4 nitrogen and oxygen atoms in total. The Morgan fingerprint density at radius 1 is 1.64 bits per heavy atom. The zero-order valence-electron chi connectivity index (χ0n) is 9.27. The third kappa shape index (κ3) is 2.92. The van der Waals surface area contributed by atoms with Crippen LogP contribution in [0.25, 0.3) is 0 Å². The first-order valence-corrected chi connectivity index (χ1v) is 5.13. The predicted octanol–water partition coefficient (Wildman–Crippen LogP) is 0.103. The first kappa shape index (κ1) is 11.9. The molecule has 3 unspecified atom stereocenters. The largest absolute Gasteiger partial charge is 0.391 e. The van der Waals surface area contributed by atoms with Gasteiger partial charge in [-0.15, -0.1) is 0 Å². The predicted molar refractivity (Wildman–Crippen MR) is 54.3 cm³/mol. The van der Waals surface area contributed by atoms with Crippen LogP contribution in [-0.4, -0.2) is 62.2 Å². The van der Waals surface area contributed by atoms with E-state index in [1.165, 1.54) is 0 Å². The van der Waals surface area contributed by atoms with E-state index in [2.05, 4.69) is 11.8 Å². The normalized spacial score (nSPS) is 30.6. The second-order valence-corrected chi connectivity index (χ2v) is 3.97. The quantitative estimate of drug-likeness (QED) is 0.704. The van der Waals surface area contributed by atoms with Gasteiger partial charge in [0.2, 0.25) is 0 Å². The van der Waals surface area contributed by atoms with Crippen molar-refractivity contribution in [2.75, 3.05) is 34.0 Å². The van der Waals surface area contributed by atoms with Crippen LogP contribution in [0.15, 0.2) is 0 Å². The van der Waals surface area contributed by atoms with E-state index in [-0.39, 0.29) is 12.1 Å². The minimum atomic E-state index is -0.270. The van der Waals surface area contributed by atoms with Gasteiger partial charge in [0.1, 0.15) is 0 Å². The molecule has 0 aliphatic carbocycles. The second kappa shape index (κ2) is 5.66. The lowest BCUT2D eigenvalue weighted by molar-refractivity contribution is -0.0697. The van der Waals surface area contributed by atoms with Gasteiger partial charge in [0.15, 0.2) is 0 Å². The average Bonchev–Trinajstić information content (AvgIpc) is 2.18. The van der Waals surface area contributed by atoms with Gasteiger partial charge in [-0.2, -0.15) is 0 Å². The van der Waals surface area contributed by atoms with Crippen molar-refractivity contribution < 1.29 is 14.6 Å². The molecule has 0 bridgehead atoms. The minimum Gasteiger partial charge on any atom is -0.391 e. The minimum absolute atomic E-state index is 0.105. The maximum atomic E-state index is 9.79. The van der Waals surface area contributed by atoms with Crippen molar-refractivity contribution in [3.63, 3.8) is 0 Å². The van der Waals surface area contributed by atoms with Crippen molar-refractivity contribution >= 4 is 0 Å². The van der Waals surface area contributed by atoms with Gasteiger partial charge >= 0.3 is 0 Å². The fourth-order valence-corrected chi connectivity index (χ4v) is 1.79. The highest BCUT2D eigenvalue weighted by Crippen LogP contribution is 2.15. The number of hydrogen-bond donors (Lipinski definition) is 1. The summed E-state index contributed by atoms with van der Waals surface area (Å²) in [5.74, 6) is 0. The molecule has 0 aromatic carbocycles. The Kier molecular flexibility index (Phi) is 4.81. The molecule has 1 N–H and O–H groups in total. The summed E-state index contributed by atoms with van der Waals surface area (Å²) in [5, 5.41) is 9.79. The molecule has 84 valence electrons. The summed E-state index contributed by atoms with van der Waals surface area (Å²) < 4.78 is 10.4. The summed E-state index contributed by atoms with van der Waals surface area (Å²) >= 11 is 0. The summed E-state index contributed by atoms with van der Waals surface area (Å²) in [6.45, 7) is 4.06. The van der Waals surface area contributed by atoms with Gasteiger partial charge in [-0.25, -0.2) is 0 Å². The van der Waals surface area contributed by atoms with Crippen molar-refractivity contribution in [3.05, 3.63) is 0 Å². The summed E-state index contributed by atoms with van der Waals surface area (Å²) in [6.07, 6.45) is 0.461. The molecule has 0 amide bonds. The number of methoxy groups -OCH3 is 1. The van der Waals surface area contributed by atoms with Crippen LogP contribution in [0.2, 0.25) is 0 Å². The lowest BCUT2D eigenvalue weighted by atomic mass is 10.0. The highest BCUT2D eigenvalue weighted by atomic mass is 16.5. The van der Waals surface area contributed by atoms with E-state index in [4.69, 9.17) is 9.47 Å². The number of aliphatic hydroxyl groups is 1. The molecule has 0 saturated carbocycles. The molecule has 3 atom stereocenters. The van der Waals surface area contributed by atoms with Crippen LogP contribution in [0.1, 0.15) is 13.3 Å². The van der Waals surface area contributed by atoms with E-state index in [1.54, 1.807) is 7.11 Å². The number of hydrogen-bond acceptors (Lipinski definition) is 4. The van der Waals surface area contributed by atoms with Crippen LogP contribution in [0, 0.1) is 0 Å². The maximum Gasteiger partial charge on any atom is 0.0739 e. The standard InChI is InChI=1S/C10H21NO3/c1-8(6-13-3)11(2)9-7-14-5-4-10(9)12/h8-10,12H,4-7H2,1-3H3. The molecule has 1 saturated heterocycles. The van der Waals surface area contributed by atoms with Crippen molar-refractivity contribution in [3.8, 4) is 0 Å². The van der Waals surface area contributed by atoms with Crippen LogP contribution in [-0.2, 0) is 9.47 Å². The Balaban J connectivity index is 2.44. The van der Waals surface area contributed by atoms with Gasteiger partial charge in [0.25, 0.3) is 0 Å². The number of nitrogens with zero attached hydrogens (tertiary/aromatic N) is 1. The van der Waals surface area contributed by atoms with Crippen molar-refractivity contribution in [2.45, 2.75) is 31.5 Å². The molecular formula is C10H21NO3. The van der Waals surface area contributed by atoms with E-state index in [1.807, 2.05) is 7.05 Å². The SMILES string of the molecule is COCC(C)N(C)C1COCCC1O. The zero-order chi connectivity index (χ0) is 10.6. The highest BCUT2D eigenvalue weighted by Gasteiger charge is 2.29. The zero-order valence-corrected chi connectivity index (χ0v) is 9.27. The summed E-state index contributed by atoms with van der Waals surface area (Å²) in [5.41, 5.74) is 0. The van der Waals surface area contributed by atoms with Crippen LogP contribution < -0.4 is 0 Å². The Bertz CT molecular complexity index is 165. The lowest BCUT2D eigenvalue weighted by Crippen LogP contribution is -2.52. The first-order chi connectivity index (χ1) is 6.66. The smallest absolute Gasteiger partial charge is 0.0739 e. The van der Waals surface area contributed by atoms with Gasteiger partial charge in [0, 0.05) is 19.8 Å². The molecule has 1 fully saturated rings. The van der Waals surface area contributed by atoms with Gasteiger partial charge < -0.3 is 14.6 Å². The first-order valence-electron chi connectivity index (χ1n) is 5.13. The highest BCUT2D eigenvalue weighted by molar-refractivity contribution is 4.82. The van der Waals surface area contributed by atoms with Crippen LogP contribution >= 0.6 is 0 Å². The number of ether oxygens (including phenoxy) is 2. The number of aliphatic hydroxyl groups excluding tert-OH is 1. The Labute approximate surface area is 85.8 Å². The maximum absolute atomic E-state index is 9.79. The molecule has 1 heterocycles.